The highest BCUT2D eigenvalue weighted by Gasteiger charge is 2.41. The van der Waals surface area contributed by atoms with Crippen molar-refractivity contribution in [1.82, 2.24) is 24.8 Å². The molecule has 0 radical (unpaired) electrons. The minimum absolute atomic E-state index is 0.115. The Morgan fingerprint density at radius 1 is 1.16 bits per heavy atom. The van der Waals surface area contributed by atoms with Crippen LogP contribution in [0.25, 0.3) is 11.2 Å². The molecular weight excluding hydrogens is 546 g/mol. The topological polar surface area (TPSA) is 94.0 Å². The van der Waals surface area contributed by atoms with Crippen LogP contribution in [0.15, 0.2) is 18.5 Å². The number of aryl methyl sites for hydroxylation is 1. The van der Waals surface area contributed by atoms with Gasteiger partial charge in [0.25, 0.3) is 12.3 Å². The Morgan fingerprint density at radius 2 is 1.81 bits per heavy atom. The first-order valence-electron chi connectivity index (χ1n) is 11.2. The first-order valence-corrected chi connectivity index (χ1v) is 11.9. The number of hydrogen-bond donors (Lipinski definition) is 2. The summed E-state index contributed by atoms with van der Waals surface area (Å²) in [6.07, 6.45) is -4.34. The van der Waals surface area contributed by atoms with E-state index in [1.165, 1.54) is 23.0 Å². The lowest BCUT2D eigenvalue weighted by Crippen LogP contribution is -2.40. The first kappa shape index (κ1) is 27.1. The zero-order valence-corrected chi connectivity index (χ0v) is 20.8. The standard InChI is InChI=1S/C22H21Cl2F5N6O2/c1-35-18-15(32-21(35)33-17-13(23)7-30-8-14(17)24)6-12(20(34-18)37-9-16(25)26)19(36)31-11-4-2-10(3-5-11)22(27,28)29/h6-8,10-11,16H,2-5,9H2,1H3,(H,31,36)(H,30,32,33). The minimum atomic E-state index is -4.28. The molecule has 4 rings (SSSR count). The van der Waals surface area contributed by atoms with Gasteiger partial charge in [-0.1, -0.05) is 23.2 Å². The van der Waals surface area contributed by atoms with Crippen molar-refractivity contribution >= 4 is 51.9 Å². The van der Waals surface area contributed by atoms with Crippen molar-refractivity contribution in [2.45, 2.75) is 44.3 Å². The number of rotatable bonds is 7. The molecule has 3 aromatic heterocycles. The fraction of sp³-hybridized carbons (Fsp3) is 0.455. The van der Waals surface area contributed by atoms with E-state index >= 15 is 0 Å². The fourth-order valence-electron chi connectivity index (χ4n) is 4.09. The number of carbonyl (C=O) groups is 1. The van der Waals surface area contributed by atoms with E-state index in [0.717, 1.165) is 0 Å². The van der Waals surface area contributed by atoms with Crippen molar-refractivity contribution in [2.75, 3.05) is 11.9 Å². The van der Waals surface area contributed by atoms with E-state index in [4.69, 9.17) is 27.9 Å². The number of hydrogen-bond acceptors (Lipinski definition) is 6. The average Bonchev–Trinajstić information content (AvgIpc) is 3.13. The Hall–Kier alpha value is -2.93. The Kier molecular flexibility index (Phi) is 7.93. The number of anilines is 2. The summed E-state index contributed by atoms with van der Waals surface area (Å²) in [5, 5.41) is 6.06. The number of aromatic nitrogens is 4. The Labute approximate surface area is 217 Å². The van der Waals surface area contributed by atoms with Crippen molar-refractivity contribution in [3.8, 4) is 5.88 Å². The molecule has 0 atom stereocenters. The lowest BCUT2D eigenvalue weighted by atomic mass is 9.85. The molecule has 1 amide bonds. The third-order valence-corrected chi connectivity index (χ3v) is 6.59. The summed E-state index contributed by atoms with van der Waals surface area (Å²) in [5.74, 6) is -2.26. The molecule has 0 aliphatic heterocycles. The van der Waals surface area contributed by atoms with Crippen LogP contribution in [0.1, 0.15) is 36.0 Å². The highest BCUT2D eigenvalue weighted by molar-refractivity contribution is 6.39. The summed E-state index contributed by atoms with van der Waals surface area (Å²) in [6, 6.07) is 0.808. The summed E-state index contributed by atoms with van der Waals surface area (Å²) in [5.41, 5.74) is 0.575. The molecule has 2 N–H and O–H groups in total. The predicted molar refractivity (Wildman–Crippen MR) is 127 cm³/mol. The van der Waals surface area contributed by atoms with Crippen LogP contribution in [-0.4, -0.2) is 50.7 Å². The number of halogens is 7. The molecule has 200 valence electrons. The normalized spacial score (nSPS) is 18.3. The van der Waals surface area contributed by atoms with Crippen LogP contribution < -0.4 is 15.4 Å². The third kappa shape index (κ3) is 6.15. The molecule has 8 nitrogen and oxygen atoms in total. The number of nitrogens with zero attached hydrogens (tertiary/aromatic N) is 4. The van der Waals surface area contributed by atoms with Gasteiger partial charge in [0.2, 0.25) is 11.8 Å². The van der Waals surface area contributed by atoms with Crippen LogP contribution in [0, 0.1) is 5.92 Å². The van der Waals surface area contributed by atoms with Gasteiger partial charge >= 0.3 is 6.18 Å². The molecule has 0 aromatic carbocycles. The van der Waals surface area contributed by atoms with Crippen LogP contribution in [0.3, 0.4) is 0 Å². The zero-order valence-electron chi connectivity index (χ0n) is 19.3. The highest BCUT2D eigenvalue weighted by atomic mass is 35.5. The summed E-state index contributed by atoms with van der Waals surface area (Å²) in [6.45, 7) is -1.01. The Morgan fingerprint density at radius 3 is 2.41 bits per heavy atom. The molecule has 37 heavy (non-hydrogen) atoms. The third-order valence-electron chi connectivity index (χ3n) is 6.02. The predicted octanol–water partition coefficient (Wildman–Crippen LogP) is 5.91. The minimum Gasteiger partial charge on any atom is -0.471 e. The van der Waals surface area contributed by atoms with E-state index in [9.17, 15) is 26.7 Å². The Balaban J connectivity index is 1.62. The largest absolute Gasteiger partial charge is 0.471 e. The summed E-state index contributed by atoms with van der Waals surface area (Å²) >= 11 is 12.3. The van der Waals surface area contributed by atoms with Crippen molar-refractivity contribution in [1.29, 1.82) is 0 Å². The van der Waals surface area contributed by atoms with Crippen LogP contribution in [-0.2, 0) is 7.05 Å². The molecule has 1 fully saturated rings. The summed E-state index contributed by atoms with van der Waals surface area (Å²) in [7, 11) is 1.59. The van der Waals surface area contributed by atoms with Gasteiger partial charge in [0, 0.05) is 25.5 Å². The van der Waals surface area contributed by atoms with Crippen LogP contribution >= 0.6 is 23.2 Å². The second kappa shape index (κ2) is 10.8. The number of nitrogens with one attached hydrogen (secondary N) is 2. The molecule has 1 saturated carbocycles. The number of alkyl halides is 5. The van der Waals surface area contributed by atoms with Crippen molar-refractivity contribution in [2.24, 2.45) is 13.0 Å². The monoisotopic (exact) mass is 566 g/mol. The smallest absolute Gasteiger partial charge is 0.391 e. The van der Waals surface area contributed by atoms with E-state index in [-0.39, 0.29) is 64.3 Å². The lowest BCUT2D eigenvalue weighted by molar-refractivity contribution is -0.182. The van der Waals surface area contributed by atoms with Gasteiger partial charge in [-0.05, 0) is 31.7 Å². The summed E-state index contributed by atoms with van der Waals surface area (Å²) < 4.78 is 71.2. The van der Waals surface area contributed by atoms with Gasteiger partial charge in [-0.2, -0.15) is 18.2 Å². The average molecular weight is 567 g/mol. The van der Waals surface area contributed by atoms with Crippen LogP contribution in [0.4, 0.5) is 33.6 Å². The van der Waals surface area contributed by atoms with E-state index in [1.54, 1.807) is 7.05 Å². The second-order valence-corrected chi connectivity index (χ2v) is 9.36. The number of fused-ring (bicyclic) bond motifs is 1. The van der Waals surface area contributed by atoms with Crippen molar-refractivity contribution in [3.05, 3.63) is 34.1 Å². The Bertz CT molecular complexity index is 1270. The van der Waals surface area contributed by atoms with Gasteiger partial charge in [-0.15, -0.1) is 0 Å². The van der Waals surface area contributed by atoms with E-state index in [1.807, 2.05) is 0 Å². The van der Waals surface area contributed by atoms with Gasteiger partial charge in [0.15, 0.2) is 12.3 Å². The quantitative estimate of drug-likeness (QED) is 0.345. The van der Waals surface area contributed by atoms with Gasteiger partial charge in [0.1, 0.15) is 11.1 Å². The second-order valence-electron chi connectivity index (χ2n) is 8.55. The maximum absolute atomic E-state index is 13.0. The van der Waals surface area contributed by atoms with Gasteiger partial charge in [-0.3, -0.25) is 14.3 Å². The molecule has 1 aliphatic carbocycles. The first-order chi connectivity index (χ1) is 17.4. The van der Waals surface area contributed by atoms with Gasteiger partial charge in [-0.25, -0.2) is 13.8 Å². The number of imidazole rings is 1. The van der Waals surface area contributed by atoms with Crippen LogP contribution in [0.5, 0.6) is 5.88 Å². The molecule has 0 saturated heterocycles. The number of ether oxygens (including phenoxy) is 1. The number of carbonyl (C=O) groups excluding carboxylic acids is 1. The van der Waals surface area contributed by atoms with E-state index in [2.05, 4.69) is 25.6 Å². The maximum Gasteiger partial charge on any atom is 0.391 e. The molecule has 0 unspecified atom stereocenters. The van der Waals surface area contributed by atoms with Crippen molar-refractivity contribution in [3.63, 3.8) is 0 Å². The molecule has 0 spiro atoms. The SMILES string of the molecule is Cn1c(Nc2c(Cl)cncc2Cl)nc2cc(C(=O)NC3CCC(C(F)(F)F)CC3)c(OCC(F)F)nc21. The number of amides is 1. The van der Waals surface area contributed by atoms with E-state index in [0.29, 0.717) is 5.69 Å². The van der Waals surface area contributed by atoms with E-state index < -0.39 is 37.1 Å². The molecule has 3 heterocycles. The molecule has 1 aliphatic rings. The highest BCUT2D eigenvalue weighted by Crippen LogP contribution is 2.38. The molecule has 15 heteroatoms. The van der Waals surface area contributed by atoms with Crippen molar-refractivity contribution < 1.29 is 31.5 Å². The molecule has 3 aromatic rings. The number of pyridine rings is 2. The molecular formula is C22H21Cl2F5N6O2. The fourth-order valence-corrected chi connectivity index (χ4v) is 4.55. The van der Waals surface area contributed by atoms with Gasteiger partial charge in [0.05, 0.1) is 21.7 Å². The molecule has 0 bridgehead atoms. The zero-order chi connectivity index (χ0) is 26.9. The van der Waals surface area contributed by atoms with Crippen LogP contribution in [0.2, 0.25) is 10.0 Å². The summed E-state index contributed by atoms with van der Waals surface area (Å²) in [4.78, 5) is 25.5. The van der Waals surface area contributed by atoms with Gasteiger partial charge < -0.3 is 15.4 Å². The maximum atomic E-state index is 13.0. The lowest BCUT2D eigenvalue weighted by Gasteiger charge is -2.30.